The molecule has 2 heterocycles. The summed E-state index contributed by atoms with van der Waals surface area (Å²) < 4.78 is 1.78. The van der Waals surface area contributed by atoms with Gasteiger partial charge in [0, 0.05) is 13.2 Å². The number of aryl methyl sites for hydroxylation is 1. The Morgan fingerprint density at radius 3 is 3.00 bits per heavy atom. The molecule has 0 saturated heterocycles. The third-order valence-electron chi connectivity index (χ3n) is 2.24. The molecule has 80 valence electrons. The number of nitrogens with zero attached hydrogens (tertiary/aromatic N) is 4. The van der Waals surface area contributed by atoms with Crippen LogP contribution < -0.4 is 5.73 Å². The van der Waals surface area contributed by atoms with Crippen LogP contribution in [0, 0.1) is 0 Å². The highest BCUT2D eigenvalue weighted by molar-refractivity contribution is 5.84. The fraction of sp³-hybridized carbons (Fsp3) is 0.444. The first-order valence-electron chi connectivity index (χ1n) is 4.86. The summed E-state index contributed by atoms with van der Waals surface area (Å²) in [6, 6.07) is 0. The van der Waals surface area contributed by atoms with Crippen LogP contribution in [0.1, 0.15) is 12.8 Å². The number of rotatable bonds is 4. The number of anilines is 1. The average molecular weight is 207 g/mol. The molecule has 2 aromatic heterocycles. The molecule has 2 rings (SSSR count). The summed E-state index contributed by atoms with van der Waals surface area (Å²) in [4.78, 5) is 8.02. The normalized spacial score (nSPS) is 11.0. The van der Waals surface area contributed by atoms with Crippen LogP contribution in [0.2, 0.25) is 0 Å². The molecule has 0 aromatic carbocycles. The van der Waals surface area contributed by atoms with Crippen LogP contribution in [0.5, 0.6) is 0 Å². The minimum atomic E-state index is 0.205. The zero-order valence-electron chi connectivity index (χ0n) is 8.30. The Hall–Kier alpha value is -1.69. The van der Waals surface area contributed by atoms with E-state index in [-0.39, 0.29) is 6.61 Å². The van der Waals surface area contributed by atoms with Gasteiger partial charge >= 0.3 is 0 Å². The third-order valence-corrected chi connectivity index (χ3v) is 2.24. The largest absolute Gasteiger partial charge is 0.396 e. The van der Waals surface area contributed by atoms with Gasteiger partial charge in [0.05, 0.1) is 11.6 Å². The average Bonchev–Trinajstić information content (AvgIpc) is 2.64. The zero-order valence-corrected chi connectivity index (χ0v) is 8.30. The molecule has 0 aliphatic rings. The molecule has 6 heteroatoms. The van der Waals surface area contributed by atoms with E-state index >= 15 is 0 Å². The van der Waals surface area contributed by atoms with Crippen molar-refractivity contribution >= 4 is 16.9 Å². The van der Waals surface area contributed by atoms with Gasteiger partial charge in [-0.3, -0.25) is 0 Å². The SMILES string of the molecule is Nc1ncnc2c1cnn2CCCCO. The fourth-order valence-electron chi connectivity index (χ4n) is 1.45. The maximum absolute atomic E-state index is 8.68. The monoisotopic (exact) mass is 207 g/mol. The molecule has 0 radical (unpaired) electrons. The first-order valence-corrected chi connectivity index (χ1v) is 4.86. The minimum absolute atomic E-state index is 0.205. The molecule has 3 N–H and O–H groups in total. The summed E-state index contributed by atoms with van der Waals surface area (Å²) in [6.07, 6.45) is 4.74. The van der Waals surface area contributed by atoms with Crippen molar-refractivity contribution in [3.63, 3.8) is 0 Å². The van der Waals surface area contributed by atoms with Crippen LogP contribution in [0.25, 0.3) is 11.0 Å². The number of nitrogens with two attached hydrogens (primary N) is 1. The summed E-state index contributed by atoms with van der Waals surface area (Å²) in [7, 11) is 0. The van der Waals surface area contributed by atoms with Crippen molar-refractivity contribution in [3.8, 4) is 0 Å². The van der Waals surface area contributed by atoms with E-state index in [0.717, 1.165) is 30.4 Å². The van der Waals surface area contributed by atoms with Crippen LogP contribution in [0.3, 0.4) is 0 Å². The van der Waals surface area contributed by atoms with Gasteiger partial charge in [-0.05, 0) is 12.8 Å². The topological polar surface area (TPSA) is 89.9 Å². The lowest BCUT2D eigenvalue weighted by Gasteiger charge is -2.01. The highest BCUT2D eigenvalue weighted by Crippen LogP contribution is 2.15. The van der Waals surface area contributed by atoms with Gasteiger partial charge in [0.1, 0.15) is 12.1 Å². The molecule has 0 saturated carbocycles. The molecule has 0 unspecified atom stereocenters. The van der Waals surface area contributed by atoms with E-state index in [1.165, 1.54) is 6.33 Å². The first kappa shape index (κ1) is 9.85. The Labute approximate surface area is 86.8 Å². The van der Waals surface area contributed by atoms with Gasteiger partial charge < -0.3 is 10.8 Å². The molecule has 0 spiro atoms. The van der Waals surface area contributed by atoms with Crippen LogP contribution in [0.15, 0.2) is 12.5 Å². The van der Waals surface area contributed by atoms with Crippen LogP contribution >= 0.6 is 0 Å². The van der Waals surface area contributed by atoms with Crippen molar-refractivity contribution in [2.75, 3.05) is 12.3 Å². The third kappa shape index (κ3) is 1.89. The molecule has 0 atom stereocenters. The van der Waals surface area contributed by atoms with Crippen LogP contribution in [0.4, 0.5) is 5.82 Å². The number of fused-ring (bicyclic) bond motifs is 1. The molecule has 0 fully saturated rings. The number of unbranched alkanes of at least 4 members (excludes halogenated alkanes) is 1. The van der Waals surface area contributed by atoms with Gasteiger partial charge in [0.25, 0.3) is 0 Å². The second kappa shape index (κ2) is 4.22. The van der Waals surface area contributed by atoms with E-state index in [4.69, 9.17) is 10.8 Å². The van der Waals surface area contributed by atoms with E-state index in [1.807, 2.05) is 0 Å². The highest BCUT2D eigenvalue weighted by atomic mass is 16.2. The van der Waals surface area contributed by atoms with Gasteiger partial charge in [-0.2, -0.15) is 5.10 Å². The van der Waals surface area contributed by atoms with Gasteiger partial charge in [-0.1, -0.05) is 0 Å². The van der Waals surface area contributed by atoms with Gasteiger partial charge in [-0.15, -0.1) is 0 Å². The Kier molecular flexibility index (Phi) is 2.77. The second-order valence-electron chi connectivity index (χ2n) is 3.29. The Bertz CT molecular complexity index is 453. The molecule has 0 amide bonds. The summed E-state index contributed by atoms with van der Waals surface area (Å²) >= 11 is 0. The summed E-state index contributed by atoms with van der Waals surface area (Å²) in [5.74, 6) is 0.452. The van der Waals surface area contributed by atoms with Crippen molar-refractivity contribution in [1.29, 1.82) is 0 Å². The van der Waals surface area contributed by atoms with Crippen molar-refractivity contribution in [2.45, 2.75) is 19.4 Å². The van der Waals surface area contributed by atoms with Crippen molar-refractivity contribution in [3.05, 3.63) is 12.5 Å². The Morgan fingerprint density at radius 1 is 1.33 bits per heavy atom. The van der Waals surface area contributed by atoms with Gasteiger partial charge in [0.15, 0.2) is 5.65 Å². The predicted molar refractivity (Wildman–Crippen MR) is 56.1 cm³/mol. The standard InChI is InChI=1S/C9H13N5O/c10-8-7-5-13-14(3-1-2-4-15)9(7)12-6-11-8/h5-6,15H,1-4H2,(H2,10,11,12). The number of aliphatic hydroxyl groups is 1. The van der Waals surface area contributed by atoms with E-state index in [0.29, 0.717) is 5.82 Å². The molecule has 6 nitrogen and oxygen atoms in total. The smallest absolute Gasteiger partial charge is 0.163 e. The lowest BCUT2D eigenvalue weighted by atomic mass is 10.3. The maximum Gasteiger partial charge on any atom is 0.163 e. The molecule has 0 aliphatic carbocycles. The predicted octanol–water partition coefficient (Wildman–Crippen LogP) is 0.181. The zero-order chi connectivity index (χ0) is 10.7. The first-order chi connectivity index (χ1) is 7.33. The number of aromatic nitrogens is 4. The van der Waals surface area contributed by atoms with Crippen molar-refractivity contribution in [2.24, 2.45) is 0 Å². The Morgan fingerprint density at radius 2 is 2.20 bits per heavy atom. The Balaban J connectivity index is 2.25. The lowest BCUT2D eigenvalue weighted by molar-refractivity contribution is 0.280. The number of hydrogen-bond acceptors (Lipinski definition) is 5. The fourth-order valence-corrected chi connectivity index (χ4v) is 1.45. The molecular weight excluding hydrogens is 194 g/mol. The van der Waals surface area contributed by atoms with E-state index in [9.17, 15) is 0 Å². The van der Waals surface area contributed by atoms with E-state index in [1.54, 1.807) is 10.9 Å². The summed E-state index contributed by atoms with van der Waals surface area (Å²) in [5.41, 5.74) is 6.43. The highest BCUT2D eigenvalue weighted by Gasteiger charge is 2.06. The lowest BCUT2D eigenvalue weighted by Crippen LogP contribution is -2.02. The molecular formula is C9H13N5O. The minimum Gasteiger partial charge on any atom is -0.396 e. The molecule has 0 aliphatic heterocycles. The van der Waals surface area contributed by atoms with Gasteiger partial charge in [0.2, 0.25) is 0 Å². The summed E-state index contributed by atoms with van der Waals surface area (Å²) in [5, 5.41) is 13.6. The molecule has 0 bridgehead atoms. The quantitative estimate of drug-likeness (QED) is 0.698. The van der Waals surface area contributed by atoms with E-state index in [2.05, 4.69) is 15.1 Å². The van der Waals surface area contributed by atoms with Gasteiger partial charge in [-0.25, -0.2) is 14.6 Å². The van der Waals surface area contributed by atoms with Crippen molar-refractivity contribution in [1.82, 2.24) is 19.7 Å². The number of hydrogen-bond donors (Lipinski definition) is 2. The maximum atomic E-state index is 8.68. The molecule has 2 aromatic rings. The number of aliphatic hydroxyl groups excluding tert-OH is 1. The van der Waals surface area contributed by atoms with Crippen LogP contribution in [-0.4, -0.2) is 31.5 Å². The summed E-state index contributed by atoms with van der Waals surface area (Å²) in [6.45, 7) is 0.941. The second-order valence-corrected chi connectivity index (χ2v) is 3.29. The van der Waals surface area contributed by atoms with Crippen LogP contribution in [-0.2, 0) is 6.54 Å². The van der Waals surface area contributed by atoms with Crippen molar-refractivity contribution < 1.29 is 5.11 Å². The van der Waals surface area contributed by atoms with E-state index < -0.39 is 0 Å². The molecule has 15 heavy (non-hydrogen) atoms. The number of nitrogen functional groups attached to an aromatic ring is 1.